The molecule has 0 saturated heterocycles. The van der Waals surface area contributed by atoms with E-state index in [0.717, 1.165) is 5.69 Å². The van der Waals surface area contributed by atoms with E-state index in [2.05, 4.69) is 15.6 Å². The normalized spacial score (nSPS) is 9.95. The van der Waals surface area contributed by atoms with Gasteiger partial charge in [-0.15, -0.1) is 11.3 Å². The number of carbonyl (C=O) groups excluding carboxylic acids is 2. The molecule has 2 aromatic rings. The summed E-state index contributed by atoms with van der Waals surface area (Å²) in [6.07, 6.45) is 0. The minimum absolute atomic E-state index is 0.289. The molecule has 4 N–H and O–H groups in total. The predicted octanol–water partition coefficient (Wildman–Crippen LogP) is 2.19. The van der Waals surface area contributed by atoms with Crippen molar-refractivity contribution in [1.82, 2.24) is 4.98 Å². The van der Waals surface area contributed by atoms with Crippen molar-refractivity contribution < 1.29 is 9.59 Å². The molecule has 0 aliphatic carbocycles. The molecule has 0 aliphatic rings. The van der Waals surface area contributed by atoms with Gasteiger partial charge in [0.1, 0.15) is 0 Å². The molecule has 0 aliphatic heterocycles. The molecular weight excluding hydrogens is 264 g/mol. The minimum Gasteiger partial charge on any atom is -0.351 e. The van der Waals surface area contributed by atoms with Crippen LogP contribution in [0.4, 0.5) is 15.6 Å². The lowest BCUT2D eigenvalue weighted by atomic mass is 10.2. The van der Waals surface area contributed by atoms with Gasteiger partial charge in [-0.2, -0.15) is 0 Å². The van der Waals surface area contributed by atoms with Crippen LogP contribution >= 0.6 is 11.3 Å². The monoisotopic (exact) mass is 276 g/mol. The Morgan fingerprint density at radius 3 is 2.74 bits per heavy atom. The summed E-state index contributed by atoms with van der Waals surface area (Å²) in [5.41, 5.74) is 6.75. The molecule has 0 saturated carbocycles. The zero-order valence-electron chi connectivity index (χ0n) is 10.1. The number of hydrogen-bond acceptors (Lipinski definition) is 4. The zero-order valence-corrected chi connectivity index (χ0v) is 11.0. The van der Waals surface area contributed by atoms with Gasteiger partial charge in [-0.05, 0) is 25.1 Å². The van der Waals surface area contributed by atoms with Crippen LogP contribution in [0, 0.1) is 6.92 Å². The Labute approximate surface area is 113 Å². The van der Waals surface area contributed by atoms with Gasteiger partial charge in [-0.1, -0.05) is 6.07 Å². The number of carbonyl (C=O) groups is 2. The molecule has 0 unspecified atom stereocenters. The molecule has 1 aromatic carbocycles. The van der Waals surface area contributed by atoms with Crippen molar-refractivity contribution in [3.8, 4) is 0 Å². The molecule has 19 heavy (non-hydrogen) atoms. The quantitative estimate of drug-likeness (QED) is 0.801. The molecule has 98 valence electrons. The van der Waals surface area contributed by atoms with E-state index in [1.807, 2.05) is 12.3 Å². The summed E-state index contributed by atoms with van der Waals surface area (Å²) in [5, 5.41) is 7.48. The maximum atomic E-state index is 12.0. The molecule has 7 heteroatoms. The molecule has 6 nitrogen and oxygen atoms in total. The summed E-state index contributed by atoms with van der Waals surface area (Å²) in [6.45, 7) is 1.85. The van der Waals surface area contributed by atoms with Gasteiger partial charge in [0.05, 0.1) is 5.69 Å². The third-order valence-corrected chi connectivity index (χ3v) is 3.11. The molecule has 0 fully saturated rings. The number of anilines is 2. The van der Waals surface area contributed by atoms with Crippen LogP contribution < -0.4 is 16.4 Å². The molecule has 1 heterocycles. The lowest BCUT2D eigenvalue weighted by molar-refractivity contribution is 0.102. The van der Waals surface area contributed by atoms with Gasteiger partial charge < -0.3 is 11.1 Å². The summed E-state index contributed by atoms with van der Waals surface area (Å²) < 4.78 is 0. The Morgan fingerprint density at radius 1 is 1.32 bits per heavy atom. The van der Waals surface area contributed by atoms with Crippen molar-refractivity contribution in [2.75, 3.05) is 10.6 Å². The predicted molar refractivity (Wildman–Crippen MR) is 74.5 cm³/mol. The average molecular weight is 276 g/mol. The standard InChI is InChI=1S/C12H12N4O2S/c1-7-6-19-12(14-7)16-10(17)8-3-2-4-9(5-8)15-11(13)18/h2-6H,1H3,(H3,13,15,18)(H,14,16,17). The van der Waals surface area contributed by atoms with Gasteiger partial charge in [-0.3, -0.25) is 10.1 Å². The van der Waals surface area contributed by atoms with Crippen molar-refractivity contribution in [2.24, 2.45) is 5.73 Å². The van der Waals surface area contributed by atoms with E-state index in [4.69, 9.17) is 5.73 Å². The van der Waals surface area contributed by atoms with Crippen LogP contribution in [0.1, 0.15) is 16.1 Å². The first-order chi connectivity index (χ1) is 9.04. The summed E-state index contributed by atoms with van der Waals surface area (Å²) in [7, 11) is 0. The highest BCUT2D eigenvalue weighted by molar-refractivity contribution is 7.13. The average Bonchev–Trinajstić information content (AvgIpc) is 2.74. The van der Waals surface area contributed by atoms with Gasteiger partial charge in [0, 0.05) is 16.6 Å². The molecule has 0 bridgehead atoms. The number of aromatic nitrogens is 1. The van der Waals surface area contributed by atoms with Crippen LogP contribution in [0.25, 0.3) is 0 Å². The largest absolute Gasteiger partial charge is 0.351 e. The van der Waals surface area contributed by atoms with Crippen LogP contribution in [-0.4, -0.2) is 16.9 Å². The summed E-state index contributed by atoms with van der Waals surface area (Å²) >= 11 is 1.35. The van der Waals surface area contributed by atoms with Gasteiger partial charge in [0.15, 0.2) is 5.13 Å². The Bertz CT molecular complexity index is 624. The Hall–Kier alpha value is -2.41. The molecule has 2 rings (SSSR count). The van der Waals surface area contributed by atoms with E-state index in [-0.39, 0.29) is 5.91 Å². The minimum atomic E-state index is -0.673. The summed E-state index contributed by atoms with van der Waals surface area (Å²) in [5.74, 6) is -0.289. The van der Waals surface area contributed by atoms with Gasteiger partial charge >= 0.3 is 6.03 Å². The maximum absolute atomic E-state index is 12.0. The molecular formula is C12H12N4O2S. The van der Waals surface area contributed by atoms with E-state index in [1.165, 1.54) is 11.3 Å². The fraction of sp³-hybridized carbons (Fsp3) is 0.0833. The number of hydrogen-bond donors (Lipinski definition) is 3. The smallest absolute Gasteiger partial charge is 0.316 e. The first-order valence-electron chi connectivity index (χ1n) is 5.44. The highest BCUT2D eigenvalue weighted by Crippen LogP contribution is 2.17. The van der Waals surface area contributed by atoms with Gasteiger partial charge in [-0.25, -0.2) is 9.78 Å². The van der Waals surface area contributed by atoms with Crippen molar-refractivity contribution in [3.05, 3.63) is 40.9 Å². The van der Waals surface area contributed by atoms with Crippen LogP contribution in [0.2, 0.25) is 0 Å². The van der Waals surface area contributed by atoms with Crippen LogP contribution in [0.15, 0.2) is 29.6 Å². The number of nitrogens with zero attached hydrogens (tertiary/aromatic N) is 1. The highest BCUT2D eigenvalue weighted by atomic mass is 32.1. The molecule has 1 aromatic heterocycles. The fourth-order valence-electron chi connectivity index (χ4n) is 1.46. The number of rotatable bonds is 3. The number of benzene rings is 1. The Balaban J connectivity index is 2.12. The number of primary amides is 1. The second kappa shape index (κ2) is 5.49. The van der Waals surface area contributed by atoms with Crippen LogP contribution in [0.5, 0.6) is 0 Å². The molecule has 0 radical (unpaired) electrons. The van der Waals surface area contributed by atoms with Crippen molar-refractivity contribution in [1.29, 1.82) is 0 Å². The highest BCUT2D eigenvalue weighted by Gasteiger charge is 2.09. The Kier molecular flexibility index (Phi) is 3.76. The summed E-state index contributed by atoms with van der Waals surface area (Å²) in [6, 6.07) is 5.82. The van der Waals surface area contributed by atoms with E-state index in [1.54, 1.807) is 24.3 Å². The van der Waals surface area contributed by atoms with Crippen molar-refractivity contribution in [3.63, 3.8) is 0 Å². The van der Waals surface area contributed by atoms with Crippen LogP contribution in [-0.2, 0) is 0 Å². The van der Waals surface area contributed by atoms with E-state index < -0.39 is 6.03 Å². The molecule has 3 amide bonds. The maximum Gasteiger partial charge on any atom is 0.316 e. The lowest BCUT2D eigenvalue weighted by Crippen LogP contribution is -2.19. The second-order valence-electron chi connectivity index (χ2n) is 3.82. The van der Waals surface area contributed by atoms with Crippen molar-refractivity contribution in [2.45, 2.75) is 6.92 Å². The number of nitrogens with two attached hydrogens (primary N) is 1. The number of nitrogens with one attached hydrogen (secondary N) is 2. The number of thiazole rings is 1. The number of aryl methyl sites for hydroxylation is 1. The second-order valence-corrected chi connectivity index (χ2v) is 4.68. The molecule has 0 spiro atoms. The lowest BCUT2D eigenvalue weighted by Gasteiger charge is -2.05. The van der Waals surface area contributed by atoms with Gasteiger partial charge in [0.2, 0.25) is 0 Å². The van der Waals surface area contributed by atoms with E-state index in [0.29, 0.717) is 16.4 Å². The van der Waals surface area contributed by atoms with Crippen LogP contribution in [0.3, 0.4) is 0 Å². The van der Waals surface area contributed by atoms with Crippen molar-refractivity contribution >= 4 is 34.1 Å². The number of urea groups is 1. The first kappa shape index (κ1) is 13.0. The fourth-order valence-corrected chi connectivity index (χ4v) is 2.14. The van der Waals surface area contributed by atoms with E-state index >= 15 is 0 Å². The zero-order chi connectivity index (χ0) is 13.8. The Morgan fingerprint density at radius 2 is 2.11 bits per heavy atom. The SMILES string of the molecule is Cc1csc(NC(=O)c2cccc(NC(N)=O)c2)n1. The van der Waals surface area contributed by atoms with E-state index in [9.17, 15) is 9.59 Å². The third-order valence-electron chi connectivity index (χ3n) is 2.23. The molecule has 0 atom stereocenters. The topological polar surface area (TPSA) is 97.1 Å². The number of amides is 3. The summed E-state index contributed by atoms with van der Waals surface area (Å²) in [4.78, 5) is 26.9. The third kappa shape index (κ3) is 3.52. The van der Waals surface area contributed by atoms with Gasteiger partial charge in [0.25, 0.3) is 5.91 Å². The first-order valence-corrected chi connectivity index (χ1v) is 6.32.